The van der Waals surface area contributed by atoms with Gasteiger partial charge in [0.2, 0.25) is 0 Å². The quantitative estimate of drug-likeness (QED) is 0.152. The van der Waals surface area contributed by atoms with Crippen LogP contribution in [0.15, 0.2) is 176 Å². The van der Waals surface area contributed by atoms with Gasteiger partial charge in [-0.15, -0.1) is 10.2 Å². The molecule has 0 radical (unpaired) electrons. The van der Waals surface area contributed by atoms with Gasteiger partial charge in [-0.05, 0) is 80.6 Å². The van der Waals surface area contributed by atoms with Crippen LogP contribution in [0, 0.1) is 0 Å². The molecule has 0 bridgehead atoms. The topological polar surface area (TPSA) is 30.7 Å². The lowest BCUT2D eigenvalue weighted by atomic mass is 9.65. The number of fused-ring (bicyclic) bond motifs is 3. The summed E-state index contributed by atoms with van der Waals surface area (Å²) in [6.07, 6.45) is 0. The van der Waals surface area contributed by atoms with E-state index in [1.54, 1.807) is 11.3 Å². The maximum absolute atomic E-state index is 4.61. The van der Waals surface area contributed by atoms with E-state index in [0.29, 0.717) is 0 Å². The molecule has 0 aliphatic rings. The molecule has 9 aromatic rings. The standard InChI is InChI=1S/C53H47N3S/c1-51(2,3)42-28-32-47-45(34-42)46-35-43(52(4,5)6)29-33-48(46)56(47)44-30-26-41(27-31-44)53(38-18-12-8-13-19-38,39-20-14-9-15-21-39)40-24-22-37(23-25-40)50-55-54-49(57-50)36-16-10-7-11-17-36/h7-35H,1-6H3. The number of aromatic nitrogens is 3. The molecule has 0 amide bonds. The Hall–Kier alpha value is -6.10. The fourth-order valence-electron chi connectivity index (χ4n) is 8.37. The van der Waals surface area contributed by atoms with E-state index in [0.717, 1.165) is 26.8 Å². The summed E-state index contributed by atoms with van der Waals surface area (Å²) in [6, 6.07) is 64.5. The molecule has 0 unspecified atom stereocenters. The predicted molar refractivity (Wildman–Crippen MR) is 241 cm³/mol. The third-order valence-corrected chi connectivity index (χ3v) is 12.5. The zero-order chi connectivity index (χ0) is 39.4. The van der Waals surface area contributed by atoms with Crippen LogP contribution < -0.4 is 0 Å². The minimum absolute atomic E-state index is 0.0462. The molecule has 2 heterocycles. The molecule has 0 atom stereocenters. The van der Waals surface area contributed by atoms with Crippen molar-refractivity contribution >= 4 is 33.1 Å². The molecular formula is C53H47N3S. The van der Waals surface area contributed by atoms with E-state index in [2.05, 4.69) is 214 Å². The van der Waals surface area contributed by atoms with E-state index in [9.17, 15) is 0 Å². The molecule has 7 aromatic carbocycles. The number of benzene rings is 7. The van der Waals surface area contributed by atoms with Gasteiger partial charge in [0, 0.05) is 27.6 Å². The van der Waals surface area contributed by atoms with Gasteiger partial charge in [0.05, 0.1) is 16.4 Å². The summed E-state index contributed by atoms with van der Waals surface area (Å²) in [5, 5.41) is 13.6. The molecule has 0 aliphatic heterocycles. The molecule has 2 aromatic heterocycles. The molecule has 0 saturated carbocycles. The van der Waals surface area contributed by atoms with E-state index < -0.39 is 5.41 Å². The van der Waals surface area contributed by atoms with Gasteiger partial charge < -0.3 is 4.57 Å². The number of nitrogens with zero attached hydrogens (tertiary/aromatic N) is 3. The minimum atomic E-state index is -0.583. The second-order valence-electron chi connectivity index (χ2n) is 17.2. The normalized spacial score (nSPS) is 12.4. The van der Waals surface area contributed by atoms with Crippen molar-refractivity contribution < 1.29 is 0 Å². The number of rotatable bonds is 7. The van der Waals surface area contributed by atoms with Crippen molar-refractivity contribution in [2.75, 3.05) is 0 Å². The van der Waals surface area contributed by atoms with Crippen LogP contribution in [0.2, 0.25) is 0 Å². The van der Waals surface area contributed by atoms with Crippen molar-refractivity contribution in [1.82, 2.24) is 14.8 Å². The molecule has 57 heavy (non-hydrogen) atoms. The van der Waals surface area contributed by atoms with E-state index >= 15 is 0 Å². The van der Waals surface area contributed by atoms with Crippen molar-refractivity contribution in [3.05, 3.63) is 209 Å². The molecule has 0 aliphatic carbocycles. The summed E-state index contributed by atoms with van der Waals surface area (Å²) < 4.78 is 2.45. The van der Waals surface area contributed by atoms with E-state index in [1.165, 1.54) is 55.2 Å². The SMILES string of the molecule is CC(C)(C)c1ccc2c(c1)c1cc(C(C)(C)C)ccc1n2-c1ccc(C(c2ccccc2)(c2ccccc2)c2ccc(-c3nnc(-c4ccccc4)s3)cc2)cc1. The summed E-state index contributed by atoms with van der Waals surface area (Å²) in [5.74, 6) is 0. The average molecular weight is 758 g/mol. The Labute approximate surface area is 340 Å². The van der Waals surface area contributed by atoms with Crippen LogP contribution in [-0.4, -0.2) is 14.8 Å². The Balaban J connectivity index is 1.21. The lowest BCUT2D eigenvalue weighted by Gasteiger charge is -2.37. The molecule has 0 N–H and O–H groups in total. The largest absolute Gasteiger partial charge is 0.309 e. The Bertz CT molecular complexity index is 2710. The molecule has 0 saturated heterocycles. The van der Waals surface area contributed by atoms with Crippen LogP contribution in [0.5, 0.6) is 0 Å². The van der Waals surface area contributed by atoms with E-state index in [-0.39, 0.29) is 10.8 Å². The third-order valence-electron chi connectivity index (χ3n) is 11.5. The van der Waals surface area contributed by atoms with Crippen molar-refractivity contribution in [1.29, 1.82) is 0 Å². The number of hydrogen-bond acceptors (Lipinski definition) is 3. The average Bonchev–Trinajstić information content (AvgIpc) is 3.86. The highest BCUT2D eigenvalue weighted by Crippen LogP contribution is 2.46. The maximum atomic E-state index is 4.61. The van der Waals surface area contributed by atoms with Crippen LogP contribution in [0.4, 0.5) is 0 Å². The van der Waals surface area contributed by atoms with Gasteiger partial charge in [0.25, 0.3) is 0 Å². The molecule has 0 fully saturated rings. The zero-order valence-electron chi connectivity index (χ0n) is 33.5. The lowest BCUT2D eigenvalue weighted by molar-refractivity contribution is 0.590. The summed E-state index contributed by atoms with van der Waals surface area (Å²) in [5.41, 5.74) is 12.7. The third kappa shape index (κ3) is 6.48. The maximum Gasteiger partial charge on any atom is 0.148 e. The minimum Gasteiger partial charge on any atom is -0.309 e. The van der Waals surface area contributed by atoms with Crippen LogP contribution >= 0.6 is 11.3 Å². The Morgan fingerprint density at radius 2 is 0.754 bits per heavy atom. The molecular weight excluding hydrogens is 711 g/mol. The van der Waals surface area contributed by atoms with Crippen LogP contribution in [0.3, 0.4) is 0 Å². The van der Waals surface area contributed by atoms with Gasteiger partial charge >= 0.3 is 0 Å². The highest BCUT2D eigenvalue weighted by atomic mass is 32.1. The fraction of sp³-hybridized carbons (Fsp3) is 0.170. The Kier molecular flexibility index (Phi) is 9.06. The first-order chi connectivity index (χ1) is 27.5. The fourth-order valence-corrected chi connectivity index (χ4v) is 9.23. The van der Waals surface area contributed by atoms with Crippen LogP contribution in [0.1, 0.15) is 74.9 Å². The van der Waals surface area contributed by atoms with Gasteiger partial charge in [0.1, 0.15) is 10.0 Å². The monoisotopic (exact) mass is 757 g/mol. The van der Waals surface area contributed by atoms with Crippen molar-refractivity contribution in [3.8, 4) is 26.8 Å². The first kappa shape index (κ1) is 36.5. The van der Waals surface area contributed by atoms with Gasteiger partial charge in [-0.2, -0.15) is 0 Å². The Morgan fingerprint density at radius 3 is 1.19 bits per heavy atom. The first-order valence-electron chi connectivity index (χ1n) is 19.8. The molecule has 3 nitrogen and oxygen atoms in total. The van der Waals surface area contributed by atoms with Gasteiger partial charge in [-0.25, -0.2) is 0 Å². The summed E-state index contributed by atoms with van der Waals surface area (Å²) in [4.78, 5) is 0. The van der Waals surface area contributed by atoms with Crippen molar-refractivity contribution in [3.63, 3.8) is 0 Å². The second-order valence-corrected chi connectivity index (χ2v) is 18.2. The summed E-state index contributed by atoms with van der Waals surface area (Å²) in [6.45, 7) is 13.8. The van der Waals surface area contributed by atoms with Gasteiger partial charge in [-0.3, -0.25) is 0 Å². The predicted octanol–water partition coefficient (Wildman–Crippen LogP) is 13.9. The molecule has 9 rings (SSSR count). The summed E-state index contributed by atoms with van der Waals surface area (Å²) >= 11 is 1.62. The molecule has 280 valence electrons. The highest BCUT2D eigenvalue weighted by Gasteiger charge is 2.38. The van der Waals surface area contributed by atoms with Crippen LogP contribution in [-0.2, 0) is 16.2 Å². The first-order valence-corrected chi connectivity index (χ1v) is 20.6. The summed E-state index contributed by atoms with van der Waals surface area (Å²) in [7, 11) is 0. The second kappa shape index (κ2) is 14.1. The van der Waals surface area contributed by atoms with E-state index in [4.69, 9.17) is 0 Å². The van der Waals surface area contributed by atoms with Crippen molar-refractivity contribution in [2.45, 2.75) is 57.8 Å². The molecule has 4 heteroatoms. The van der Waals surface area contributed by atoms with Crippen molar-refractivity contribution in [2.24, 2.45) is 0 Å². The van der Waals surface area contributed by atoms with Crippen LogP contribution in [0.25, 0.3) is 48.6 Å². The van der Waals surface area contributed by atoms with Gasteiger partial charge in [0.15, 0.2) is 0 Å². The Morgan fingerprint density at radius 1 is 0.386 bits per heavy atom. The molecule has 0 spiro atoms. The van der Waals surface area contributed by atoms with E-state index in [1.807, 2.05) is 18.2 Å². The smallest absolute Gasteiger partial charge is 0.148 e. The number of hydrogen-bond donors (Lipinski definition) is 0. The van der Waals surface area contributed by atoms with Gasteiger partial charge in [-0.1, -0.05) is 192 Å². The lowest BCUT2D eigenvalue weighted by Crippen LogP contribution is -2.31. The highest BCUT2D eigenvalue weighted by molar-refractivity contribution is 7.17. The zero-order valence-corrected chi connectivity index (χ0v) is 34.3.